The standard InChI is InChI=1S/C22H38N4O.HI/c1-17(2)16-27-21-8-6-20(7-9-21)18(3)25-22(23-4)24-13-10-19-11-14-26(5)15-12-19;/h6-9,17-19H,10-16H2,1-5H3,(H2,23,24,25);1H. The molecule has 0 amide bonds. The minimum Gasteiger partial charge on any atom is -0.493 e. The van der Waals surface area contributed by atoms with E-state index in [9.17, 15) is 0 Å². The van der Waals surface area contributed by atoms with Crippen molar-refractivity contribution in [1.82, 2.24) is 15.5 Å². The number of piperidine rings is 1. The fourth-order valence-electron chi connectivity index (χ4n) is 3.34. The Morgan fingerprint density at radius 3 is 2.39 bits per heavy atom. The Labute approximate surface area is 188 Å². The Hall–Kier alpha value is -1.02. The Kier molecular flexibility index (Phi) is 11.8. The molecule has 0 aromatic heterocycles. The van der Waals surface area contributed by atoms with Gasteiger partial charge in [0.25, 0.3) is 0 Å². The average molecular weight is 502 g/mol. The molecule has 1 unspecified atom stereocenters. The molecule has 2 rings (SSSR count). The number of halogens is 1. The van der Waals surface area contributed by atoms with E-state index in [1.807, 2.05) is 19.2 Å². The molecule has 1 aliphatic rings. The number of rotatable bonds is 8. The molecule has 1 aromatic rings. The first-order valence-electron chi connectivity index (χ1n) is 10.4. The summed E-state index contributed by atoms with van der Waals surface area (Å²) in [5, 5.41) is 6.96. The first-order valence-corrected chi connectivity index (χ1v) is 10.4. The highest BCUT2D eigenvalue weighted by molar-refractivity contribution is 14.0. The SMILES string of the molecule is CN=C(NCCC1CCN(C)CC1)NC(C)c1ccc(OCC(C)C)cc1.I. The molecule has 1 fully saturated rings. The van der Waals surface area contributed by atoms with Crippen molar-refractivity contribution in [2.75, 3.05) is 40.3 Å². The number of guanidine groups is 1. The van der Waals surface area contributed by atoms with Crippen LogP contribution in [0.1, 0.15) is 51.6 Å². The summed E-state index contributed by atoms with van der Waals surface area (Å²) in [6.45, 7) is 10.7. The van der Waals surface area contributed by atoms with Gasteiger partial charge >= 0.3 is 0 Å². The van der Waals surface area contributed by atoms with Gasteiger partial charge in [-0.3, -0.25) is 4.99 Å². The zero-order valence-corrected chi connectivity index (χ0v) is 20.5. The first kappa shape index (κ1) is 25.0. The van der Waals surface area contributed by atoms with Crippen LogP contribution in [0.25, 0.3) is 0 Å². The highest BCUT2D eigenvalue weighted by atomic mass is 127. The molecule has 0 aliphatic carbocycles. The Bertz CT molecular complexity index is 568. The zero-order valence-electron chi connectivity index (χ0n) is 18.2. The van der Waals surface area contributed by atoms with Gasteiger partial charge in [0.1, 0.15) is 5.75 Å². The molecule has 0 spiro atoms. The second-order valence-electron chi connectivity index (χ2n) is 8.17. The molecule has 5 nitrogen and oxygen atoms in total. The summed E-state index contributed by atoms with van der Waals surface area (Å²) >= 11 is 0. The van der Waals surface area contributed by atoms with Gasteiger partial charge in [0.2, 0.25) is 0 Å². The quantitative estimate of drug-likeness (QED) is 0.316. The van der Waals surface area contributed by atoms with Gasteiger partial charge in [-0.1, -0.05) is 26.0 Å². The van der Waals surface area contributed by atoms with Crippen molar-refractivity contribution in [2.24, 2.45) is 16.8 Å². The van der Waals surface area contributed by atoms with Crippen LogP contribution >= 0.6 is 24.0 Å². The summed E-state index contributed by atoms with van der Waals surface area (Å²) in [6, 6.07) is 8.54. The fourth-order valence-corrected chi connectivity index (χ4v) is 3.34. The van der Waals surface area contributed by atoms with E-state index in [4.69, 9.17) is 4.74 Å². The molecular weight excluding hydrogens is 463 g/mol. The lowest BCUT2D eigenvalue weighted by Crippen LogP contribution is -2.40. The van der Waals surface area contributed by atoms with Crippen molar-refractivity contribution in [2.45, 2.75) is 46.1 Å². The molecule has 1 heterocycles. The number of nitrogens with zero attached hydrogens (tertiary/aromatic N) is 2. The third-order valence-corrected chi connectivity index (χ3v) is 5.22. The Morgan fingerprint density at radius 2 is 1.82 bits per heavy atom. The number of likely N-dealkylation sites (tertiary alicyclic amines) is 1. The lowest BCUT2D eigenvalue weighted by Gasteiger charge is -2.29. The van der Waals surface area contributed by atoms with Crippen LogP contribution in [0.5, 0.6) is 5.75 Å². The number of nitrogens with one attached hydrogen (secondary N) is 2. The normalized spacial score (nSPS) is 17.1. The van der Waals surface area contributed by atoms with Crippen LogP contribution in [0.3, 0.4) is 0 Å². The number of hydrogen-bond donors (Lipinski definition) is 2. The van der Waals surface area contributed by atoms with E-state index in [2.05, 4.69) is 60.5 Å². The van der Waals surface area contributed by atoms with Crippen molar-refractivity contribution in [3.05, 3.63) is 29.8 Å². The minimum atomic E-state index is 0. The van der Waals surface area contributed by atoms with Gasteiger partial charge in [-0.15, -0.1) is 24.0 Å². The fraction of sp³-hybridized carbons (Fsp3) is 0.682. The van der Waals surface area contributed by atoms with E-state index in [1.54, 1.807) is 0 Å². The van der Waals surface area contributed by atoms with E-state index in [0.29, 0.717) is 5.92 Å². The van der Waals surface area contributed by atoms with E-state index in [1.165, 1.54) is 37.9 Å². The molecule has 0 bridgehead atoms. The predicted octanol–water partition coefficient (Wildman–Crippen LogP) is 4.30. The van der Waals surface area contributed by atoms with Crippen LogP contribution < -0.4 is 15.4 Å². The number of aliphatic imine (C=N–C) groups is 1. The van der Waals surface area contributed by atoms with Crippen molar-refractivity contribution in [1.29, 1.82) is 0 Å². The Morgan fingerprint density at radius 1 is 1.18 bits per heavy atom. The van der Waals surface area contributed by atoms with Crippen LogP contribution in [0.15, 0.2) is 29.3 Å². The van der Waals surface area contributed by atoms with Crippen molar-refractivity contribution in [3.63, 3.8) is 0 Å². The molecule has 1 aliphatic heterocycles. The molecule has 2 N–H and O–H groups in total. The van der Waals surface area contributed by atoms with Gasteiger partial charge in [0, 0.05) is 13.6 Å². The van der Waals surface area contributed by atoms with Gasteiger partial charge in [-0.2, -0.15) is 0 Å². The Balaban J connectivity index is 0.00000392. The summed E-state index contributed by atoms with van der Waals surface area (Å²) in [6.07, 6.45) is 3.84. The summed E-state index contributed by atoms with van der Waals surface area (Å²) in [4.78, 5) is 6.80. The van der Waals surface area contributed by atoms with Crippen molar-refractivity contribution in [3.8, 4) is 5.75 Å². The largest absolute Gasteiger partial charge is 0.493 e. The lowest BCUT2D eigenvalue weighted by atomic mass is 9.94. The maximum atomic E-state index is 5.76. The molecule has 160 valence electrons. The second kappa shape index (κ2) is 13.2. The molecule has 0 saturated carbocycles. The van der Waals surface area contributed by atoms with Gasteiger partial charge in [0.15, 0.2) is 5.96 Å². The number of benzene rings is 1. The van der Waals surface area contributed by atoms with E-state index in [0.717, 1.165) is 30.8 Å². The topological polar surface area (TPSA) is 48.9 Å². The van der Waals surface area contributed by atoms with Crippen LogP contribution in [0, 0.1) is 11.8 Å². The maximum Gasteiger partial charge on any atom is 0.191 e. The smallest absolute Gasteiger partial charge is 0.191 e. The highest BCUT2D eigenvalue weighted by Gasteiger charge is 2.16. The van der Waals surface area contributed by atoms with Gasteiger partial charge in [-0.05, 0) is 75.9 Å². The van der Waals surface area contributed by atoms with E-state index in [-0.39, 0.29) is 30.0 Å². The maximum absolute atomic E-state index is 5.76. The lowest BCUT2D eigenvalue weighted by molar-refractivity contribution is 0.213. The molecule has 1 saturated heterocycles. The van der Waals surface area contributed by atoms with Gasteiger partial charge in [-0.25, -0.2) is 0 Å². The van der Waals surface area contributed by atoms with Crippen molar-refractivity contribution < 1.29 is 4.74 Å². The van der Waals surface area contributed by atoms with Crippen LogP contribution in [0.4, 0.5) is 0 Å². The van der Waals surface area contributed by atoms with Crippen LogP contribution in [-0.4, -0.2) is 51.2 Å². The predicted molar refractivity (Wildman–Crippen MR) is 130 cm³/mol. The third-order valence-electron chi connectivity index (χ3n) is 5.22. The van der Waals surface area contributed by atoms with E-state index < -0.39 is 0 Å². The number of hydrogen-bond acceptors (Lipinski definition) is 3. The molecule has 6 heteroatoms. The molecule has 0 radical (unpaired) electrons. The molecule has 28 heavy (non-hydrogen) atoms. The molecule has 1 atom stereocenters. The minimum absolute atomic E-state index is 0. The monoisotopic (exact) mass is 502 g/mol. The average Bonchev–Trinajstić information content (AvgIpc) is 2.67. The van der Waals surface area contributed by atoms with Crippen molar-refractivity contribution >= 4 is 29.9 Å². The second-order valence-corrected chi connectivity index (χ2v) is 8.17. The summed E-state index contributed by atoms with van der Waals surface area (Å²) in [5.74, 6) is 3.17. The summed E-state index contributed by atoms with van der Waals surface area (Å²) in [5.41, 5.74) is 1.23. The molecule has 1 aromatic carbocycles. The molecular formula is C22H39IN4O. The van der Waals surface area contributed by atoms with Crippen LogP contribution in [0.2, 0.25) is 0 Å². The zero-order chi connectivity index (χ0) is 19.6. The van der Waals surface area contributed by atoms with Gasteiger partial charge < -0.3 is 20.3 Å². The van der Waals surface area contributed by atoms with Crippen LogP contribution in [-0.2, 0) is 0 Å². The summed E-state index contributed by atoms with van der Waals surface area (Å²) < 4.78 is 5.76. The van der Waals surface area contributed by atoms with E-state index >= 15 is 0 Å². The number of ether oxygens (including phenoxy) is 1. The van der Waals surface area contributed by atoms with Gasteiger partial charge in [0.05, 0.1) is 12.6 Å². The summed E-state index contributed by atoms with van der Waals surface area (Å²) in [7, 11) is 4.05. The first-order chi connectivity index (χ1) is 13.0. The highest BCUT2D eigenvalue weighted by Crippen LogP contribution is 2.19. The third kappa shape index (κ3) is 8.99.